The number of allylic oxidation sites excluding steroid dienone is 14. The van der Waals surface area contributed by atoms with Gasteiger partial charge in [-0.1, -0.05) is 116 Å². The maximum Gasteiger partial charge on any atom is 0.0716 e. The summed E-state index contributed by atoms with van der Waals surface area (Å²) < 4.78 is 0. The maximum absolute atomic E-state index is 8.46. The molecule has 4 nitrogen and oxygen atoms in total. The van der Waals surface area contributed by atoms with E-state index in [1.54, 1.807) is 18.5 Å². The standard InChI is InChI=1S/C20H18N2.C16H16N2/c1-22-19-16-12-11-15-18(19)20(21)17-13-9-7-5-3-2-4-6-8-10-14-17;1-3-13(10-17)15-7-12(2)8-16(9-15)14-5-4-6-18-11-14/h2-16,21H,1H2;3-11H,1,17H2,2H3/b3-2-,4-2?,5-3?,6-4-,7-5+,8-6?,9-7?,10-8-,13-9+,14-10?,17-13?,17-14+,21-20?;13-10+. The molecule has 1 aliphatic rings. The molecule has 2 aromatic carbocycles. The van der Waals surface area contributed by atoms with Gasteiger partial charge in [-0.15, -0.1) is 0 Å². The summed E-state index contributed by atoms with van der Waals surface area (Å²) in [7, 11) is 0. The zero-order valence-corrected chi connectivity index (χ0v) is 22.7. The van der Waals surface area contributed by atoms with Crippen molar-refractivity contribution in [2.75, 3.05) is 0 Å². The van der Waals surface area contributed by atoms with Gasteiger partial charge >= 0.3 is 0 Å². The van der Waals surface area contributed by atoms with Gasteiger partial charge in [0.25, 0.3) is 0 Å². The van der Waals surface area contributed by atoms with Crippen molar-refractivity contribution in [2.45, 2.75) is 6.92 Å². The lowest BCUT2D eigenvalue weighted by atomic mass is 9.98. The molecule has 0 spiro atoms. The molecule has 1 aromatic heterocycles. The second kappa shape index (κ2) is 15.8. The summed E-state index contributed by atoms with van der Waals surface area (Å²) in [4.78, 5) is 8.14. The van der Waals surface area contributed by atoms with E-state index in [1.165, 1.54) is 5.56 Å². The van der Waals surface area contributed by atoms with E-state index in [-0.39, 0.29) is 0 Å². The van der Waals surface area contributed by atoms with Gasteiger partial charge in [-0.05, 0) is 54.1 Å². The van der Waals surface area contributed by atoms with Crippen LogP contribution in [-0.2, 0) is 0 Å². The van der Waals surface area contributed by atoms with Crippen molar-refractivity contribution in [1.29, 1.82) is 5.41 Å². The molecule has 0 fully saturated rings. The van der Waals surface area contributed by atoms with Gasteiger partial charge in [0.1, 0.15) is 0 Å². The third-order valence-corrected chi connectivity index (χ3v) is 5.88. The van der Waals surface area contributed by atoms with Crippen molar-refractivity contribution in [1.82, 2.24) is 4.98 Å². The van der Waals surface area contributed by atoms with Crippen molar-refractivity contribution in [3.8, 4) is 11.1 Å². The average molecular weight is 523 g/mol. The molecule has 0 unspecified atom stereocenters. The third kappa shape index (κ3) is 8.61. The molecule has 0 bridgehead atoms. The van der Waals surface area contributed by atoms with Crippen LogP contribution in [0.15, 0.2) is 163 Å². The molecular weight excluding hydrogens is 488 g/mol. The number of pyridine rings is 1. The molecule has 3 N–H and O–H groups in total. The predicted octanol–water partition coefficient (Wildman–Crippen LogP) is 8.65. The van der Waals surface area contributed by atoms with Crippen LogP contribution in [0.25, 0.3) is 16.7 Å². The summed E-state index contributed by atoms with van der Waals surface area (Å²) >= 11 is 0. The molecule has 198 valence electrons. The molecule has 4 heteroatoms. The number of rotatable bonds is 6. The van der Waals surface area contributed by atoms with Crippen LogP contribution in [0.4, 0.5) is 5.69 Å². The average Bonchev–Trinajstić information content (AvgIpc) is 2.98. The summed E-state index contributed by atoms with van der Waals surface area (Å²) in [5.74, 6) is 0. The third-order valence-electron chi connectivity index (χ3n) is 5.88. The van der Waals surface area contributed by atoms with Crippen LogP contribution < -0.4 is 5.73 Å². The Balaban J connectivity index is 0.000000225. The number of aromatic nitrogens is 1. The molecule has 0 amide bonds. The summed E-state index contributed by atoms with van der Waals surface area (Å²) in [5.41, 5.74) is 13.8. The van der Waals surface area contributed by atoms with Gasteiger partial charge in [0.05, 0.1) is 11.4 Å². The van der Waals surface area contributed by atoms with Crippen molar-refractivity contribution < 1.29 is 0 Å². The Labute approximate surface area is 237 Å². The number of aliphatic imine (C=N–C) groups is 1. The predicted molar refractivity (Wildman–Crippen MR) is 173 cm³/mol. The number of hydrogen-bond acceptors (Lipinski definition) is 4. The lowest BCUT2D eigenvalue weighted by molar-refractivity contribution is 1.32. The van der Waals surface area contributed by atoms with E-state index < -0.39 is 0 Å². The van der Waals surface area contributed by atoms with E-state index in [2.05, 4.69) is 48.4 Å². The number of nitrogens with one attached hydrogen (secondary N) is 1. The molecule has 0 saturated heterocycles. The monoisotopic (exact) mass is 522 g/mol. The van der Waals surface area contributed by atoms with Gasteiger partial charge in [-0.25, -0.2) is 0 Å². The molecule has 1 aliphatic carbocycles. The van der Waals surface area contributed by atoms with Gasteiger partial charge < -0.3 is 5.73 Å². The Morgan fingerprint density at radius 2 is 1.57 bits per heavy atom. The first-order valence-corrected chi connectivity index (χ1v) is 12.8. The normalized spacial score (nSPS) is 18.1. The molecule has 40 heavy (non-hydrogen) atoms. The molecule has 3 aromatic rings. The zero-order chi connectivity index (χ0) is 28.6. The number of nitrogens with two attached hydrogens (primary N) is 1. The van der Waals surface area contributed by atoms with Crippen LogP contribution in [0.1, 0.15) is 16.7 Å². The quantitative estimate of drug-likeness (QED) is 0.251. The molecule has 0 aliphatic heterocycles. The number of nitrogens with zero attached hydrogens (tertiary/aromatic N) is 2. The SMILES string of the molecule is C=C/C(=C\N)c1cc(C)cc(-c2cccnc2)c1.C=Nc1ccccc1C(=N)C1=C/C=C\C=C/C=C\C=C\C=C\1. The summed E-state index contributed by atoms with van der Waals surface area (Å²) in [6, 6.07) is 17.9. The zero-order valence-electron chi connectivity index (χ0n) is 22.7. The highest BCUT2D eigenvalue weighted by Gasteiger charge is 2.09. The highest BCUT2D eigenvalue weighted by atomic mass is 14.7. The molecule has 1 heterocycles. The van der Waals surface area contributed by atoms with E-state index >= 15 is 0 Å². The van der Waals surface area contributed by atoms with Crippen molar-refractivity contribution in [3.63, 3.8) is 0 Å². The maximum atomic E-state index is 8.46. The van der Waals surface area contributed by atoms with E-state index in [0.29, 0.717) is 5.71 Å². The number of hydrogen-bond donors (Lipinski definition) is 2. The van der Waals surface area contributed by atoms with Crippen LogP contribution in [0.3, 0.4) is 0 Å². The Hall–Kier alpha value is -5.35. The minimum Gasteiger partial charge on any atom is -0.404 e. The summed E-state index contributed by atoms with van der Waals surface area (Å²) in [5, 5.41) is 8.46. The van der Waals surface area contributed by atoms with Crippen molar-refractivity contribution >= 4 is 23.7 Å². The Kier molecular flexibility index (Phi) is 11.5. The van der Waals surface area contributed by atoms with Crippen LogP contribution >= 0.6 is 0 Å². The Morgan fingerprint density at radius 3 is 2.23 bits per heavy atom. The molecule has 0 radical (unpaired) electrons. The fourth-order valence-electron chi connectivity index (χ4n) is 3.90. The largest absolute Gasteiger partial charge is 0.404 e. The van der Waals surface area contributed by atoms with Crippen LogP contribution in [-0.4, -0.2) is 17.4 Å². The van der Waals surface area contributed by atoms with Crippen molar-refractivity contribution in [3.05, 3.63) is 175 Å². The first-order valence-electron chi connectivity index (χ1n) is 12.8. The minimum atomic E-state index is 0.425. The smallest absolute Gasteiger partial charge is 0.0716 e. The van der Waals surface area contributed by atoms with E-state index in [9.17, 15) is 0 Å². The summed E-state index contributed by atoms with van der Waals surface area (Å²) in [6.45, 7) is 9.43. The Morgan fingerprint density at radius 1 is 0.875 bits per heavy atom. The highest BCUT2D eigenvalue weighted by molar-refractivity contribution is 6.15. The van der Waals surface area contributed by atoms with E-state index in [1.807, 2.05) is 109 Å². The topological polar surface area (TPSA) is 75.1 Å². The van der Waals surface area contributed by atoms with Gasteiger partial charge in [0.15, 0.2) is 0 Å². The minimum absolute atomic E-state index is 0.425. The summed E-state index contributed by atoms with van der Waals surface area (Å²) in [6.07, 6.45) is 28.3. The highest BCUT2D eigenvalue weighted by Crippen LogP contribution is 2.25. The Bertz CT molecular complexity index is 1540. The first kappa shape index (κ1) is 29.2. The van der Waals surface area contributed by atoms with Gasteiger partial charge in [0, 0.05) is 35.3 Å². The van der Waals surface area contributed by atoms with Gasteiger partial charge in [0.2, 0.25) is 0 Å². The molecule has 0 saturated carbocycles. The molecule has 4 rings (SSSR count). The molecule has 0 atom stereocenters. The number of para-hydroxylation sites is 1. The van der Waals surface area contributed by atoms with E-state index in [4.69, 9.17) is 11.1 Å². The van der Waals surface area contributed by atoms with Crippen LogP contribution in [0, 0.1) is 12.3 Å². The lowest BCUT2D eigenvalue weighted by Crippen LogP contribution is -2.02. The van der Waals surface area contributed by atoms with Crippen LogP contribution in [0.5, 0.6) is 0 Å². The lowest BCUT2D eigenvalue weighted by Gasteiger charge is -2.08. The molecular formula is C36H34N4. The number of aryl methyl sites for hydroxylation is 1. The van der Waals surface area contributed by atoms with E-state index in [0.717, 1.165) is 39.1 Å². The first-order chi connectivity index (χ1) is 19.6. The van der Waals surface area contributed by atoms with Crippen molar-refractivity contribution in [2.24, 2.45) is 10.7 Å². The van der Waals surface area contributed by atoms with Crippen LogP contribution in [0.2, 0.25) is 0 Å². The van der Waals surface area contributed by atoms with Gasteiger partial charge in [-0.3, -0.25) is 15.4 Å². The fraction of sp³-hybridized carbons (Fsp3) is 0.0278. The second-order valence-electron chi connectivity index (χ2n) is 8.73. The number of benzene rings is 2. The fourth-order valence-corrected chi connectivity index (χ4v) is 3.90. The van der Waals surface area contributed by atoms with Gasteiger partial charge in [-0.2, -0.15) is 0 Å². The second-order valence-corrected chi connectivity index (χ2v) is 8.73.